The first kappa shape index (κ1) is 16.9. The lowest BCUT2D eigenvalue weighted by Gasteiger charge is -2.34. The van der Waals surface area contributed by atoms with Crippen LogP contribution in [0.3, 0.4) is 0 Å². The van der Waals surface area contributed by atoms with E-state index in [0.717, 1.165) is 16.3 Å². The van der Waals surface area contributed by atoms with Gasteiger partial charge in [-0.15, -0.1) is 11.3 Å². The van der Waals surface area contributed by atoms with Gasteiger partial charge in [0.05, 0.1) is 18.8 Å². The van der Waals surface area contributed by atoms with Crippen LogP contribution in [0, 0.1) is 0 Å². The van der Waals surface area contributed by atoms with E-state index < -0.39 is 0 Å². The Kier molecular flexibility index (Phi) is 5.16. The molecule has 2 atom stereocenters. The molecule has 5 nitrogen and oxygen atoms in total. The van der Waals surface area contributed by atoms with Gasteiger partial charge in [-0.25, -0.2) is 4.98 Å². The highest BCUT2D eigenvalue weighted by molar-refractivity contribution is 7.13. The lowest BCUT2D eigenvalue weighted by Crippen LogP contribution is -2.48. The van der Waals surface area contributed by atoms with Crippen LogP contribution in [0.1, 0.15) is 31.3 Å². The van der Waals surface area contributed by atoms with E-state index in [1.165, 1.54) is 11.3 Å². The quantitative estimate of drug-likeness (QED) is 0.851. The molecule has 0 bridgehead atoms. The smallest absolute Gasteiger partial charge is 0.273 e. The van der Waals surface area contributed by atoms with E-state index in [4.69, 9.17) is 9.47 Å². The predicted octanol–water partition coefficient (Wildman–Crippen LogP) is 3.46. The van der Waals surface area contributed by atoms with Gasteiger partial charge in [-0.05, 0) is 45.0 Å². The molecule has 0 saturated carbocycles. The molecule has 1 aliphatic rings. The second kappa shape index (κ2) is 7.32. The molecule has 0 unspecified atom stereocenters. The van der Waals surface area contributed by atoms with Gasteiger partial charge < -0.3 is 14.4 Å². The van der Waals surface area contributed by atoms with E-state index in [1.807, 2.05) is 55.3 Å². The Labute approximate surface area is 146 Å². The van der Waals surface area contributed by atoms with Crippen molar-refractivity contribution in [3.8, 4) is 16.3 Å². The number of amides is 1. The van der Waals surface area contributed by atoms with Crippen molar-refractivity contribution in [3.05, 3.63) is 35.3 Å². The summed E-state index contributed by atoms with van der Waals surface area (Å²) in [4.78, 5) is 19.0. The molecule has 3 rings (SSSR count). The number of carbonyl (C=O) groups excluding carboxylic acids is 1. The lowest BCUT2D eigenvalue weighted by atomic mass is 10.2. The Bertz CT molecular complexity index is 689. The summed E-state index contributed by atoms with van der Waals surface area (Å²) in [6.45, 7) is 7.80. The topological polar surface area (TPSA) is 51.7 Å². The summed E-state index contributed by atoms with van der Waals surface area (Å²) in [7, 11) is 0. The summed E-state index contributed by atoms with van der Waals surface area (Å²) in [5.41, 5.74) is 1.50. The molecule has 6 heteroatoms. The molecule has 1 saturated heterocycles. The minimum absolute atomic E-state index is 0.0227. The zero-order chi connectivity index (χ0) is 17.1. The number of aromatic nitrogens is 1. The van der Waals surface area contributed by atoms with Crippen molar-refractivity contribution in [2.24, 2.45) is 0 Å². The molecular formula is C18H22N2O3S. The second-order valence-electron chi connectivity index (χ2n) is 5.96. The van der Waals surface area contributed by atoms with E-state index in [2.05, 4.69) is 4.98 Å². The Hall–Kier alpha value is -1.92. The number of rotatable bonds is 4. The fourth-order valence-electron chi connectivity index (χ4n) is 2.87. The number of hydrogen-bond donors (Lipinski definition) is 0. The minimum Gasteiger partial charge on any atom is -0.494 e. The SMILES string of the molecule is CCOc1ccc(-c2nc(C(=O)N3C[C@@H](C)O[C@H](C)C3)cs2)cc1. The zero-order valence-electron chi connectivity index (χ0n) is 14.2. The number of ether oxygens (including phenoxy) is 2. The van der Waals surface area contributed by atoms with Gasteiger partial charge in [-0.2, -0.15) is 0 Å². The van der Waals surface area contributed by atoms with Crippen molar-refractivity contribution in [3.63, 3.8) is 0 Å². The van der Waals surface area contributed by atoms with Crippen molar-refractivity contribution in [1.82, 2.24) is 9.88 Å². The highest BCUT2D eigenvalue weighted by Crippen LogP contribution is 2.26. The Morgan fingerprint density at radius 1 is 1.29 bits per heavy atom. The van der Waals surface area contributed by atoms with Crippen LogP contribution in [-0.4, -0.2) is 47.7 Å². The summed E-state index contributed by atoms with van der Waals surface area (Å²) in [6, 6.07) is 7.79. The standard InChI is InChI=1S/C18H22N2O3S/c1-4-22-15-7-5-14(6-8-15)17-19-16(11-24-17)18(21)20-9-12(2)23-13(3)10-20/h5-8,11-13H,4,9-10H2,1-3H3/t12-,13-/m1/s1. The van der Waals surface area contributed by atoms with E-state index >= 15 is 0 Å². The highest BCUT2D eigenvalue weighted by Gasteiger charge is 2.27. The van der Waals surface area contributed by atoms with Crippen LogP contribution in [0.25, 0.3) is 10.6 Å². The maximum absolute atomic E-state index is 12.7. The molecule has 0 aliphatic carbocycles. The van der Waals surface area contributed by atoms with Crippen LogP contribution in [0.5, 0.6) is 5.75 Å². The summed E-state index contributed by atoms with van der Waals surface area (Å²) in [6.07, 6.45) is 0.115. The first-order valence-corrected chi connectivity index (χ1v) is 9.08. The number of hydrogen-bond acceptors (Lipinski definition) is 5. The largest absolute Gasteiger partial charge is 0.494 e. The third-order valence-corrected chi connectivity index (χ3v) is 4.73. The number of benzene rings is 1. The molecule has 1 fully saturated rings. The van der Waals surface area contributed by atoms with E-state index in [-0.39, 0.29) is 18.1 Å². The molecule has 24 heavy (non-hydrogen) atoms. The first-order chi connectivity index (χ1) is 11.6. The highest BCUT2D eigenvalue weighted by atomic mass is 32.1. The fourth-order valence-corrected chi connectivity index (χ4v) is 3.67. The number of thiazole rings is 1. The van der Waals surface area contributed by atoms with Crippen LogP contribution in [0.2, 0.25) is 0 Å². The van der Waals surface area contributed by atoms with Crippen LogP contribution < -0.4 is 4.74 Å². The second-order valence-corrected chi connectivity index (χ2v) is 6.82. The molecular weight excluding hydrogens is 324 g/mol. The van der Waals surface area contributed by atoms with Crippen molar-refractivity contribution in [1.29, 1.82) is 0 Å². The van der Waals surface area contributed by atoms with Crippen molar-refractivity contribution in [2.75, 3.05) is 19.7 Å². The summed E-state index contributed by atoms with van der Waals surface area (Å²) < 4.78 is 11.1. The fraction of sp³-hybridized carbons (Fsp3) is 0.444. The summed E-state index contributed by atoms with van der Waals surface area (Å²) >= 11 is 1.49. The van der Waals surface area contributed by atoms with Gasteiger partial charge in [0.25, 0.3) is 5.91 Å². The Morgan fingerprint density at radius 2 is 1.96 bits per heavy atom. The molecule has 128 valence electrons. The van der Waals surface area contributed by atoms with Crippen molar-refractivity contribution < 1.29 is 14.3 Å². The van der Waals surface area contributed by atoms with Gasteiger partial charge in [0.2, 0.25) is 0 Å². The monoisotopic (exact) mass is 346 g/mol. The van der Waals surface area contributed by atoms with E-state index in [1.54, 1.807) is 0 Å². The van der Waals surface area contributed by atoms with Crippen molar-refractivity contribution in [2.45, 2.75) is 33.0 Å². The van der Waals surface area contributed by atoms with Crippen LogP contribution in [-0.2, 0) is 4.74 Å². The number of nitrogens with zero attached hydrogens (tertiary/aromatic N) is 2. The third-order valence-electron chi connectivity index (χ3n) is 3.84. The Balaban J connectivity index is 1.73. The molecule has 1 aliphatic heterocycles. The normalized spacial score (nSPS) is 20.9. The van der Waals surface area contributed by atoms with E-state index in [9.17, 15) is 4.79 Å². The Morgan fingerprint density at radius 3 is 2.58 bits per heavy atom. The minimum atomic E-state index is -0.0227. The van der Waals surface area contributed by atoms with Gasteiger partial charge in [0, 0.05) is 24.0 Å². The van der Waals surface area contributed by atoms with Gasteiger partial charge >= 0.3 is 0 Å². The molecule has 1 amide bonds. The van der Waals surface area contributed by atoms with Gasteiger partial charge in [0.1, 0.15) is 16.5 Å². The molecule has 0 spiro atoms. The first-order valence-electron chi connectivity index (χ1n) is 8.20. The van der Waals surface area contributed by atoms with Crippen LogP contribution in [0.15, 0.2) is 29.6 Å². The van der Waals surface area contributed by atoms with Gasteiger partial charge in [-0.1, -0.05) is 0 Å². The predicted molar refractivity (Wildman–Crippen MR) is 94.6 cm³/mol. The van der Waals surface area contributed by atoms with Crippen LogP contribution >= 0.6 is 11.3 Å². The maximum atomic E-state index is 12.7. The number of morpholine rings is 1. The zero-order valence-corrected chi connectivity index (χ0v) is 15.0. The average molecular weight is 346 g/mol. The van der Waals surface area contributed by atoms with Gasteiger partial charge in [0.15, 0.2) is 0 Å². The summed E-state index contributed by atoms with van der Waals surface area (Å²) in [5, 5.41) is 2.68. The number of carbonyl (C=O) groups is 1. The molecule has 2 aromatic rings. The molecule has 0 N–H and O–H groups in total. The molecule has 2 heterocycles. The van der Waals surface area contributed by atoms with Gasteiger partial charge in [-0.3, -0.25) is 4.79 Å². The van der Waals surface area contributed by atoms with Crippen molar-refractivity contribution >= 4 is 17.2 Å². The average Bonchev–Trinajstić information content (AvgIpc) is 3.04. The summed E-state index contributed by atoms with van der Waals surface area (Å²) in [5.74, 6) is 0.816. The van der Waals surface area contributed by atoms with Crippen LogP contribution in [0.4, 0.5) is 0 Å². The molecule has 1 aromatic heterocycles. The van der Waals surface area contributed by atoms with E-state index in [0.29, 0.717) is 25.4 Å². The molecule has 1 aromatic carbocycles. The third kappa shape index (κ3) is 3.76. The molecule has 0 radical (unpaired) electrons. The maximum Gasteiger partial charge on any atom is 0.273 e. The lowest BCUT2D eigenvalue weighted by molar-refractivity contribution is -0.0587.